The van der Waals surface area contributed by atoms with Crippen LogP contribution in [-0.4, -0.2) is 24.5 Å². The molecule has 0 saturated heterocycles. The Hall–Kier alpha value is -3.05. The van der Waals surface area contributed by atoms with Gasteiger partial charge in [-0.2, -0.15) is 0 Å². The van der Waals surface area contributed by atoms with Crippen LogP contribution in [0.2, 0.25) is 5.02 Å². The van der Waals surface area contributed by atoms with Gasteiger partial charge in [0.15, 0.2) is 0 Å². The molecule has 0 fully saturated rings. The van der Waals surface area contributed by atoms with Gasteiger partial charge in [0.25, 0.3) is 5.91 Å². The molecule has 0 spiro atoms. The molecule has 1 aromatic heterocycles. The van der Waals surface area contributed by atoms with Crippen LogP contribution in [0.15, 0.2) is 60.9 Å². The summed E-state index contributed by atoms with van der Waals surface area (Å²) in [4.78, 5) is 16.7. The molecular weight excluding hydrogens is 374 g/mol. The number of ether oxygens (including phenoxy) is 1. The summed E-state index contributed by atoms with van der Waals surface area (Å²) in [5.41, 5.74) is 4.00. The van der Waals surface area contributed by atoms with Gasteiger partial charge in [0.2, 0.25) is 0 Å². The Morgan fingerprint density at radius 1 is 1.14 bits per heavy atom. The molecule has 28 heavy (non-hydrogen) atoms. The molecule has 3 aromatic rings. The first-order valence-corrected chi connectivity index (χ1v) is 9.33. The molecule has 0 atom stereocenters. The van der Waals surface area contributed by atoms with Crippen molar-refractivity contribution in [2.75, 3.05) is 24.3 Å². The maximum Gasteiger partial charge on any atom is 0.257 e. The first kappa shape index (κ1) is 19.7. The Balaban J connectivity index is 1.59. The predicted molar refractivity (Wildman–Crippen MR) is 114 cm³/mol. The average Bonchev–Trinajstić information content (AvgIpc) is 2.72. The van der Waals surface area contributed by atoms with Crippen LogP contribution in [0.5, 0.6) is 5.75 Å². The van der Waals surface area contributed by atoms with E-state index in [4.69, 9.17) is 16.3 Å². The number of carbonyl (C=O) groups is 1. The number of nitrogens with one attached hydrogen (secondary N) is 2. The minimum absolute atomic E-state index is 0.225. The highest BCUT2D eigenvalue weighted by Crippen LogP contribution is 2.23. The minimum Gasteiger partial charge on any atom is -0.497 e. The van der Waals surface area contributed by atoms with Gasteiger partial charge >= 0.3 is 0 Å². The molecule has 1 amide bonds. The second-order valence-electron chi connectivity index (χ2n) is 6.35. The number of amides is 1. The van der Waals surface area contributed by atoms with Gasteiger partial charge in [0.05, 0.1) is 18.4 Å². The molecule has 3 rings (SSSR count). The molecule has 6 heteroatoms. The number of carbonyl (C=O) groups excluding carboxylic acids is 1. The summed E-state index contributed by atoms with van der Waals surface area (Å²) in [6.45, 7) is 2.60. The zero-order valence-electron chi connectivity index (χ0n) is 15.8. The van der Waals surface area contributed by atoms with Crippen LogP contribution in [0.25, 0.3) is 0 Å². The molecule has 0 saturated carbocycles. The number of benzene rings is 2. The lowest BCUT2D eigenvalue weighted by molar-refractivity contribution is 0.102. The number of methoxy groups -OCH3 is 1. The van der Waals surface area contributed by atoms with Gasteiger partial charge in [-0.25, -0.2) is 0 Å². The standard InChI is InChI=1S/C22H22ClN3O2/c1-15-20(23)4-3-5-21(15)26-22(27)17-12-18(14-24-13-17)25-11-10-16-6-8-19(28-2)9-7-16/h3-9,12-14,25H,10-11H2,1-2H3,(H,26,27). The van der Waals surface area contributed by atoms with E-state index in [1.807, 2.05) is 37.3 Å². The van der Waals surface area contributed by atoms with E-state index in [9.17, 15) is 4.79 Å². The molecule has 0 aliphatic carbocycles. The molecule has 0 radical (unpaired) electrons. The number of hydrogen-bond acceptors (Lipinski definition) is 4. The summed E-state index contributed by atoms with van der Waals surface area (Å²) in [6.07, 6.45) is 4.10. The number of nitrogens with zero attached hydrogens (tertiary/aromatic N) is 1. The number of halogens is 1. The minimum atomic E-state index is -0.225. The summed E-state index contributed by atoms with van der Waals surface area (Å²) >= 11 is 6.11. The van der Waals surface area contributed by atoms with Crippen molar-refractivity contribution < 1.29 is 9.53 Å². The lowest BCUT2D eigenvalue weighted by Gasteiger charge is -2.11. The third kappa shape index (κ3) is 5.02. The van der Waals surface area contributed by atoms with Crippen LogP contribution in [0.4, 0.5) is 11.4 Å². The van der Waals surface area contributed by atoms with Crippen LogP contribution in [0.3, 0.4) is 0 Å². The van der Waals surface area contributed by atoms with E-state index in [0.29, 0.717) is 16.3 Å². The van der Waals surface area contributed by atoms with Crippen LogP contribution < -0.4 is 15.4 Å². The fourth-order valence-electron chi connectivity index (χ4n) is 2.74. The fraction of sp³-hybridized carbons (Fsp3) is 0.182. The summed E-state index contributed by atoms with van der Waals surface area (Å²) < 4.78 is 5.17. The molecule has 5 nitrogen and oxygen atoms in total. The molecule has 2 aromatic carbocycles. The number of rotatable bonds is 7. The first-order chi connectivity index (χ1) is 13.6. The van der Waals surface area contributed by atoms with E-state index in [-0.39, 0.29) is 5.91 Å². The maximum atomic E-state index is 12.6. The van der Waals surface area contributed by atoms with Gasteiger partial charge in [0.1, 0.15) is 5.75 Å². The highest BCUT2D eigenvalue weighted by Gasteiger charge is 2.10. The SMILES string of the molecule is COc1ccc(CCNc2cncc(C(=O)Nc3cccc(Cl)c3C)c2)cc1. The highest BCUT2D eigenvalue weighted by atomic mass is 35.5. The lowest BCUT2D eigenvalue weighted by Crippen LogP contribution is -2.14. The van der Waals surface area contributed by atoms with E-state index in [1.165, 1.54) is 5.56 Å². The summed E-state index contributed by atoms with van der Waals surface area (Å²) in [5.74, 6) is 0.617. The number of hydrogen-bond donors (Lipinski definition) is 2. The monoisotopic (exact) mass is 395 g/mol. The van der Waals surface area contributed by atoms with Gasteiger partial charge in [-0.05, 0) is 54.8 Å². The second kappa shape index (κ2) is 9.24. The van der Waals surface area contributed by atoms with Crippen molar-refractivity contribution in [3.8, 4) is 5.75 Å². The fourth-order valence-corrected chi connectivity index (χ4v) is 2.92. The molecule has 0 unspecified atom stereocenters. The van der Waals surface area contributed by atoms with E-state index >= 15 is 0 Å². The van der Waals surface area contributed by atoms with Gasteiger partial charge in [-0.3, -0.25) is 9.78 Å². The number of aromatic nitrogens is 1. The van der Waals surface area contributed by atoms with Crippen LogP contribution in [0, 0.1) is 6.92 Å². The van der Waals surface area contributed by atoms with Gasteiger partial charge in [0, 0.05) is 29.6 Å². The van der Waals surface area contributed by atoms with Crippen molar-refractivity contribution in [2.24, 2.45) is 0 Å². The van der Waals surface area contributed by atoms with Crippen LogP contribution in [-0.2, 0) is 6.42 Å². The predicted octanol–water partition coefficient (Wildman–Crippen LogP) is 4.96. The largest absolute Gasteiger partial charge is 0.497 e. The van der Waals surface area contributed by atoms with Gasteiger partial charge in [-0.15, -0.1) is 0 Å². The van der Waals surface area contributed by atoms with Crippen molar-refractivity contribution >= 4 is 28.9 Å². The maximum absolute atomic E-state index is 12.6. The van der Waals surface area contributed by atoms with Gasteiger partial charge in [-0.1, -0.05) is 29.8 Å². The van der Waals surface area contributed by atoms with Crippen LogP contribution >= 0.6 is 11.6 Å². The zero-order chi connectivity index (χ0) is 19.9. The van der Waals surface area contributed by atoms with Crippen molar-refractivity contribution in [1.82, 2.24) is 4.98 Å². The van der Waals surface area contributed by atoms with Crippen molar-refractivity contribution in [3.05, 3.63) is 82.6 Å². The third-order valence-corrected chi connectivity index (χ3v) is 4.83. The molecule has 0 bridgehead atoms. The Labute approximate surface area is 169 Å². The second-order valence-corrected chi connectivity index (χ2v) is 6.76. The molecular formula is C22H22ClN3O2. The zero-order valence-corrected chi connectivity index (χ0v) is 16.6. The van der Waals surface area contributed by atoms with Crippen LogP contribution in [0.1, 0.15) is 21.5 Å². The van der Waals surface area contributed by atoms with Crippen molar-refractivity contribution in [2.45, 2.75) is 13.3 Å². The van der Waals surface area contributed by atoms with E-state index in [1.54, 1.807) is 37.7 Å². The Morgan fingerprint density at radius 3 is 2.68 bits per heavy atom. The molecule has 2 N–H and O–H groups in total. The smallest absolute Gasteiger partial charge is 0.257 e. The lowest BCUT2D eigenvalue weighted by atomic mass is 10.1. The number of pyridine rings is 1. The molecule has 1 heterocycles. The Kier molecular flexibility index (Phi) is 6.50. The summed E-state index contributed by atoms with van der Waals surface area (Å²) in [7, 11) is 1.65. The van der Waals surface area contributed by atoms with E-state index in [2.05, 4.69) is 15.6 Å². The molecule has 0 aliphatic rings. The molecule has 144 valence electrons. The summed E-state index contributed by atoms with van der Waals surface area (Å²) in [5, 5.41) is 6.81. The van der Waals surface area contributed by atoms with Crippen molar-refractivity contribution in [1.29, 1.82) is 0 Å². The Morgan fingerprint density at radius 2 is 1.93 bits per heavy atom. The average molecular weight is 396 g/mol. The highest BCUT2D eigenvalue weighted by molar-refractivity contribution is 6.31. The molecule has 0 aliphatic heterocycles. The van der Waals surface area contributed by atoms with Gasteiger partial charge < -0.3 is 15.4 Å². The number of anilines is 2. The van der Waals surface area contributed by atoms with E-state index < -0.39 is 0 Å². The van der Waals surface area contributed by atoms with E-state index in [0.717, 1.165) is 30.0 Å². The summed E-state index contributed by atoms with van der Waals surface area (Å²) in [6, 6.07) is 15.2. The first-order valence-electron chi connectivity index (χ1n) is 8.95. The topological polar surface area (TPSA) is 63.2 Å². The normalized spacial score (nSPS) is 10.4. The quantitative estimate of drug-likeness (QED) is 0.593. The van der Waals surface area contributed by atoms with Crippen molar-refractivity contribution in [3.63, 3.8) is 0 Å². The third-order valence-electron chi connectivity index (χ3n) is 4.42. The Bertz CT molecular complexity index is 958.